The van der Waals surface area contributed by atoms with Crippen LogP contribution in [0.4, 0.5) is 5.82 Å². The Morgan fingerprint density at radius 3 is 2.67 bits per heavy atom. The molecule has 3 saturated heterocycles. The van der Waals surface area contributed by atoms with Gasteiger partial charge in [0.25, 0.3) is 5.56 Å². The van der Waals surface area contributed by atoms with Crippen molar-refractivity contribution in [3.8, 4) is 0 Å². The Morgan fingerprint density at radius 2 is 1.89 bits per heavy atom. The van der Waals surface area contributed by atoms with Crippen molar-refractivity contribution in [3.63, 3.8) is 0 Å². The van der Waals surface area contributed by atoms with E-state index in [1.807, 2.05) is 0 Å². The van der Waals surface area contributed by atoms with Gasteiger partial charge in [0.1, 0.15) is 5.82 Å². The summed E-state index contributed by atoms with van der Waals surface area (Å²) in [6.45, 7) is 4.92. The number of hydrogen-bond donors (Lipinski definition) is 2. The predicted molar refractivity (Wildman–Crippen MR) is 105 cm³/mol. The zero-order valence-electron chi connectivity index (χ0n) is 16.0. The summed E-state index contributed by atoms with van der Waals surface area (Å²) in [4.78, 5) is 28.6. The van der Waals surface area contributed by atoms with E-state index in [4.69, 9.17) is 0 Å². The van der Waals surface area contributed by atoms with Gasteiger partial charge in [0.2, 0.25) is 5.91 Å². The molecule has 3 aliphatic rings. The lowest BCUT2D eigenvalue weighted by molar-refractivity contribution is -0.126. The van der Waals surface area contributed by atoms with Crippen LogP contribution >= 0.6 is 0 Å². The van der Waals surface area contributed by atoms with E-state index < -0.39 is 0 Å². The lowest BCUT2D eigenvalue weighted by atomic mass is 9.83. The molecule has 1 amide bonds. The molecule has 4 rings (SSSR count). The van der Waals surface area contributed by atoms with Crippen molar-refractivity contribution in [1.82, 2.24) is 20.4 Å². The zero-order valence-corrected chi connectivity index (χ0v) is 16.0. The first-order valence-electron chi connectivity index (χ1n) is 10.5. The molecule has 1 aromatic rings. The molecule has 148 valence electrons. The van der Waals surface area contributed by atoms with Crippen molar-refractivity contribution in [2.75, 3.05) is 37.6 Å². The normalized spacial score (nSPS) is 27.2. The summed E-state index contributed by atoms with van der Waals surface area (Å²) < 4.78 is 0. The highest BCUT2D eigenvalue weighted by Gasteiger charge is 2.33. The zero-order chi connectivity index (χ0) is 18.6. The van der Waals surface area contributed by atoms with Crippen LogP contribution in [0.1, 0.15) is 44.9 Å². The molecule has 0 aromatic carbocycles. The van der Waals surface area contributed by atoms with Gasteiger partial charge in [0, 0.05) is 37.7 Å². The Morgan fingerprint density at radius 1 is 1.07 bits per heavy atom. The minimum absolute atomic E-state index is 0.0926. The third kappa shape index (κ3) is 4.34. The number of carbonyl (C=O) groups is 1. The molecule has 0 spiro atoms. The Hall–Kier alpha value is -1.89. The first-order chi connectivity index (χ1) is 13.2. The lowest BCUT2D eigenvalue weighted by Crippen LogP contribution is -2.51. The minimum atomic E-state index is -0.188. The maximum absolute atomic E-state index is 12.7. The number of rotatable bonds is 4. The summed E-state index contributed by atoms with van der Waals surface area (Å²) in [6.07, 6.45) is 8.16. The summed E-state index contributed by atoms with van der Waals surface area (Å²) in [5, 5.41) is 9.84. The number of nitrogens with zero attached hydrogens (tertiary/aromatic N) is 3. The van der Waals surface area contributed by atoms with Gasteiger partial charge < -0.3 is 15.1 Å². The molecule has 4 heterocycles. The molecule has 7 heteroatoms. The molecular formula is C20H31N5O2. The van der Waals surface area contributed by atoms with Crippen LogP contribution in [0.25, 0.3) is 0 Å². The van der Waals surface area contributed by atoms with Gasteiger partial charge in [0.15, 0.2) is 0 Å². The number of anilines is 1. The highest BCUT2D eigenvalue weighted by atomic mass is 16.2. The van der Waals surface area contributed by atoms with Gasteiger partial charge in [-0.3, -0.25) is 9.59 Å². The quantitative estimate of drug-likeness (QED) is 0.833. The Bertz CT molecular complexity index is 675. The summed E-state index contributed by atoms with van der Waals surface area (Å²) >= 11 is 0. The molecule has 0 aliphatic carbocycles. The molecule has 2 unspecified atom stereocenters. The monoisotopic (exact) mass is 373 g/mol. The number of aromatic amines is 1. The molecular weight excluding hydrogens is 342 g/mol. The molecule has 0 saturated carbocycles. The number of nitrogens with one attached hydrogen (secondary N) is 2. The first-order valence-corrected chi connectivity index (χ1v) is 10.5. The fourth-order valence-electron chi connectivity index (χ4n) is 5.08. The standard InChI is InChI=1S/C20H31N5O2/c26-19-7-6-18(22-23-19)25-12-8-15(9-13-25)20(27)21-14-16-4-3-11-24-10-2-1-5-17(16)24/h6-7,15-17H,1-5,8-14H2,(H,21,27)(H,23,26). The number of H-pyrrole nitrogens is 1. The molecule has 2 atom stereocenters. The Labute approximate surface area is 160 Å². The van der Waals surface area contributed by atoms with E-state index in [0.717, 1.165) is 38.3 Å². The Kier molecular flexibility index (Phi) is 5.76. The lowest BCUT2D eigenvalue weighted by Gasteiger charge is -2.44. The van der Waals surface area contributed by atoms with E-state index in [-0.39, 0.29) is 17.4 Å². The summed E-state index contributed by atoms with van der Waals surface area (Å²) in [7, 11) is 0. The smallest absolute Gasteiger partial charge is 0.264 e. The maximum Gasteiger partial charge on any atom is 0.264 e. The van der Waals surface area contributed by atoms with Crippen molar-refractivity contribution < 1.29 is 4.79 Å². The van der Waals surface area contributed by atoms with Crippen LogP contribution in [0.3, 0.4) is 0 Å². The maximum atomic E-state index is 12.7. The topological polar surface area (TPSA) is 81.3 Å². The molecule has 7 nitrogen and oxygen atoms in total. The van der Waals surface area contributed by atoms with Crippen LogP contribution in [-0.4, -0.2) is 59.8 Å². The Balaban J connectivity index is 1.24. The average Bonchev–Trinajstić information content (AvgIpc) is 2.72. The van der Waals surface area contributed by atoms with Crippen molar-refractivity contribution in [2.24, 2.45) is 11.8 Å². The second-order valence-corrected chi connectivity index (χ2v) is 8.29. The predicted octanol–water partition coefficient (Wildman–Crippen LogP) is 1.37. The molecule has 0 bridgehead atoms. The largest absolute Gasteiger partial charge is 0.356 e. The van der Waals surface area contributed by atoms with Crippen molar-refractivity contribution in [3.05, 3.63) is 22.5 Å². The summed E-state index contributed by atoms with van der Waals surface area (Å²) in [5.74, 6) is 1.72. The van der Waals surface area contributed by atoms with Crippen LogP contribution in [-0.2, 0) is 4.79 Å². The number of carbonyl (C=O) groups excluding carboxylic acids is 1. The fourth-order valence-corrected chi connectivity index (χ4v) is 5.08. The van der Waals surface area contributed by atoms with Gasteiger partial charge in [-0.1, -0.05) is 6.42 Å². The third-order valence-electron chi connectivity index (χ3n) is 6.62. The van der Waals surface area contributed by atoms with Gasteiger partial charge in [-0.2, -0.15) is 5.10 Å². The molecule has 2 N–H and O–H groups in total. The van der Waals surface area contributed by atoms with E-state index in [9.17, 15) is 9.59 Å². The third-order valence-corrected chi connectivity index (χ3v) is 6.62. The van der Waals surface area contributed by atoms with Crippen molar-refractivity contribution in [1.29, 1.82) is 0 Å². The number of fused-ring (bicyclic) bond motifs is 1. The molecule has 3 aliphatic heterocycles. The fraction of sp³-hybridized carbons (Fsp3) is 0.750. The van der Waals surface area contributed by atoms with E-state index in [1.165, 1.54) is 51.3 Å². The van der Waals surface area contributed by atoms with Crippen LogP contribution in [0.5, 0.6) is 0 Å². The van der Waals surface area contributed by atoms with E-state index in [0.29, 0.717) is 12.0 Å². The molecule has 1 aromatic heterocycles. The minimum Gasteiger partial charge on any atom is -0.356 e. The van der Waals surface area contributed by atoms with Crippen LogP contribution < -0.4 is 15.8 Å². The highest BCUT2D eigenvalue weighted by molar-refractivity contribution is 5.79. The van der Waals surface area contributed by atoms with Gasteiger partial charge in [-0.25, -0.2) is 5.10 Å². The van der Waals surface area contributed by atoms with Crippen LogP contribution in [0.2, 0.25) is 0 Å². The van der Waals surface area contributed by atoms with Crippen LogP contribution in [0, 0.1) is 11.8 Å². The van der Waals surface area contributed by atoms with Gasteiger partial charge in [-0.05, 0) is 63.6 Å². The van der Waals surface area contributed by atoms with Gasteiger partial charge in [-0.15, -0.1) is 0 Å². The second-order valence-electron chi connectivity index (χ2n) is 8.29. The van der Waals surface area contributed by atoms with Crippen molar-refractivity contribution in [2.45, 2.75) is 51.0 Å². The molecule has 3 fully saturated rings. The van der Waals surface area contributed by atoms with Crippen LogP contribution in [0.15, 0.2) is 16.9 Å². The van der Waals surface area contributed by atoms with E-state index in [1.54, 1.807) is 6.07 Å². The number of piperidine rings is 3. The molecule has 27 heavy (non-hydrogen) atoms. The average molecular weight is 374 g/mol. The van der Waals surface area contributed by atoms with Gasteiger partial charge >= 0.3 is 0 Å². The number of hydrogen-bond acceptors (Lipinski definition) is 5. The number of aromatic nitrogens is 2. The summed E-state index contributed by atoms with van der Waals surface area (Å²) in [5.41, 5.74) is -0.188. The molecule has 0 radical (unpaired) electrons. The number of amides is 1. The van der Waals surface area contributed by atoms with E-state index >= 15 is 0 Å². The SMILES string of the molecule is O=C(NCC1CCCN2CCCCC12)C1CCN(c2ccc(=O)[nH]n2)CC1. The highest BCUT2D eigenvalue weighted by Crippen LogP contribution is 2.30. The van der Waals surface area contributed by atoms with E-state index in [2.05, 4.69) is 25.3 Å². The van der Waals surface area contributed by atoms with Crippen molar-refractivity contribution >= 4 is 11.7 Å². The summed E-state index contributed by atoms with van der Waals surface area (Å²) in [6, 6.07) is 3.93. The first kappa shape index (κ1) is 18.5. The van der Waals surface area contributed by atoms with Gasteiger partial charge in [0.05, 0.1) is 0 Å². The second kappa shape index (κ2) is 8.42.